The van der Waals surface area contributed by atoms with Crippen molar-refractivity contribution in [1.29, 1.82) is 0 Å². The van der Waals surface area contributed by atoms with E-state index in [2.05, 4.69) is 5.32 Å². The van der Waals surface area contributed by atoms with E-state index in [4.69, 9.17) is 20.3 Å². The highest BCUT2D eigenvalue weighted by Gasteiger charge is 2.14. The van der Waals surface area contributed by atoms with E-state index in [-0.39, 0.29) is 13.2 Å². The Kier molecular flexibility index (Phi) is 8.17. The molecule has 0 bridgehead atoms. The molecule has 0 saturated heterocycles. The summed E-state index contributed by atoms with van der Waals surface area (Å²) in [4.78, 5) is 12.1. The number of aliphatic hydroxyl groups is 3. The number of methoxy groups -OCH3 is 2. The summed E-state index contributed by atoms with van der Waals surface area (Å²) in [5.74, 6) is 0.495. The van der Waals surface area contributed by atoms with Gasteiger partial charge in [-0.05, 0) is 41.0 Å². The third kappa shape index (κ3) is 5.55. The second kappa shape index (κ2) is 10.6. The summed E-state index contributed by atoms with van der Waals surface area (Å²) in [6, 6.07) is 7.60. The Bertz CT molecular complexity index is 856. The van der Waals surface area contributed by atoms with Crippen molar-refractivity contribution >= 4 is 23.7 Å². The standard InChI is InChI=1S/C21H26N2O6/c1-28-16-6-5-14(19(9-16)23-21(27)18(22)12-26)4-3-13-7-15(10-24)17(11-25)20(8-13)29-2/h3-9,18,24-26H,10-12,22H2,1-2H3,(H,23,27)/b4-3-. The van der Waals surface area contributed by atoms with Crippen LogP contribution in [0.4, 0.5) is 5.69 Å². The Hall–Kier alpha value is -2.91. The summed E-state index contributed by atoms with van der Waals surface area (Å²) >= 11 is 0. The maximum absolute atomic E-state index is 12.1. The van der Waals surface area contributed by atoms with Crippen LogP contribution in [0.25, 0.3) is 12.2 Å². The molecule has 0 fully saturated rings. The molecular formula is C21H26N2O6. The first-order valence-corrected chi connectivity index (χ1v) is 8.92. The Morgan fingerprint density at radius 2 is 1.86 bits per heavy atom. The predicted molar refractivity (Wildman–Crippen MR) is 110 cm³/mol. The van der Waals surface area contributed by atoms with Gasteiger partial charge in [0.1, 0.15) is 17.5 Å². The van der Waals surface area contributed by atoms with Crippen molar-refractivity contribution in [3.05, 3.63) is 52.6 Å². The molecule has 0 aliphatic carbocycles. The first-order chi connectivity index (χ1) is 14.0. The molecule has 0 radical (unpaired) electrons. The molecule has 8 nitrogen and oxygen atoms in total. The van der Waals surface area contributed by atoms with E-state index in [0.29, 0.717) is 33.9 Å². The largest absolute Gasteiger partial charge is 0.497 e. The monoisotopic (exact) mass is 402 g/mol. The number of aliphatic hydroxyl groups excluding tert-OH is 3. The van der Waals surface area contributed by atoms with Crippen LogP contribution >= 0.6 is 0 Å². The van der Waals surface area contributed by atoms with Gasteiger partial charge < -0.3 is 35.8 Å². The van der Waals surface area contributed by atoms with Crippen molar-refractivity contribution in [2.75, 3.05) is 26.1 Å². The zero-order valence-electron chi connectivity index (χ0n) is 16.4. The second-order valence-corrected chi connectivity index (χ2v) is 6.24. The van der Waals surface area contributed by atoms with Gasteiger partial charge >= 0.3 is 0 Å². The number of benzene rings is 2. The minimum Gasteiger partial charge on any atom is -0.497 e. The van der Waals surface area contributed by atoms with Gasteiger partial charge in [-0.25, -0.2) is 0 Å². The third-order valence-electron chi connectivity index (χ3n) is 4.38. The lowest BCUT2D eigenvalue weighted by atomic mass is 10.0. The van der Waals surface area contributed by atoms with Gasteiger partial charge in [0, 0.05) is 11.6 Å². The summed E-state index contributed by atoms with van der Waals surface area (Å²) in [7, 11) is 3.01. The van der Waals surface area contributed by atoms with E-state index in [0.717, 1.165) is 5.56 Å². The quantitative estimate of drug-likeness (QED) is 0.397. The molecule has 0 aliphatic rings. The normalized spacial score (nSPS) is 12.1. The summed E-state index contributed by atoms with van der Waals surface area (Å²) < 4.78 is 10.5. The molecule has 6 N–H and O–H groups in total. The van der Waals surface area contributed by atoms with Crippen LogP contribution in [-0.2, 0) is 18.0 Å². The first-order valence-electron chi connectivity index (χ1n) is 8.92. The van der Waals surface area contributed by atoms with E-state index >= 15 is 0 Å². The fourth-order valence-corrected chi connectivity index (χ4v) is 2.74. The molecule has 156 valence electrons. The zero-order valence-corrected chi connectivity index (χ0v) is 16.4. The van der Waals surface area contributed by atoms with Crippen LogP contribution in [0.3, 0.4) is 0 Å². The van der Waals surface area contributed by atoms with Gasteiger partial charge in [0.2, 0.25) is 5.91 Å². The molecule has 1 amide bonds. The molecule has 2 aromatic carbocycles. The maximum Gasteiger partial charge on any atom is 0.243 e. The summed E-state index contributed by atoms with van der Waals surface area (Å²) in [5, 5.41) is 30.8. The highest BCUT2D eigenvalue weighted by atomic mass is 16.5. The minimum absolute atomic E-state index is 0.239. The first kappa shape index (κ1) is 22.4. The van der Waals surface area contributed by atoms with Gasteiger partial charge in [-0.15, -0.1) is 0 Å². The van der Waals surface area contributed by atoms with Crippen molar-refractivity contribution in [2.45, 2.75) is 19.3 Å². The molecule has 1 atom stereocenters. The Morgan fingerprint density at radius 3 is 2.45 bits per heavy atom. The van der Waals surface area contributed by atoms with E-state index in [1.807, 2.05) is 0 Å². The number of anilines is 1. The van der Waals surface area contributed by atoms with Gasteiger partial charge in [-0.3, -0.25) is 4.79 Å². The number of ether oxygens (including phenoxy) is 2. The zero-order chi connectivity index (χ0) is 21.4. The van der Waals surface area contributed by atoms with Crippen LogP contribution in [-0.4, -0.2) is 48.1 Å². The smallest absolute Gasteiger partial charge is 0.243 e. The number of amides is 1. The lowest BCUT2D eigenvalue weighted by molar-refractivity contribution is -0.118. The molecule has 0 aliphatic heterocycles. The number of nitrogens with two attached hydrogens (primary N) is 1. The van der Waals surface area contributed by atoms with Crippen LogP contribution in [0.2, 0.25) is 0 Å². The fraction of sp³-hybridized carbons (Fsp3) is 0.286. The summed E-state index contributed by atoms with van der Waals surface area (Å²) in [5.41, 5.74) is 8.55. The van der Waals surface area contributed by atoms with Crippen LogP contribution in [0.1, 0.15) is 22.3 Å². The lowest BCUT2D eigenvalue weighted by Crippen LogP contribution is -2.38. The predicted octanol–water partition coefficient (Wildman–Crippen LogP) is 1.12. The van der Waals surface area contributed by atoms with Gasteiger partial charge in [0.25, 0.3) is 0 Å². The van der Waals surface area contributed by atoms with E-state index in [9.17, 15) is 15.0 Å². The van der Waals surface area contributed by atoms with Crippen LogP contribution < -0.4 is 20.5 Å². The molecule has 29 heavy (non-hydrogen) atoms. The number of nitrogens with one attached hydrogen (secondary N) is 1. The topological polar surface area (TPSA) is 134 Å². The molecule has 2 aromatic rings. The average Bonchev–Trinajstić information content (AvgIpc) is 2.76. The average molecular weight is 402 g/mol. The fourth-order valence-electron chi connectivity index (χ4n) is 2.74. The molecule has 2 rings (SSSR count). The molecule has 8 heteroatoms. The molecule has 0 heterocycles. The summed E-state index contributed by atoms with van der Waals surface area (Å²) in [6.07, 6.45) is 3.56. The maximum atomic E-state index is 12.1. The van der Waals surface area contributed by atoms with Crippen LogP contribution in [0.15, 0.2) is 30.3 Å². The number of hydrogen-bond donors (Lipinski definition) is 5. The van der Waals surface area contributed by atoms with E-state index < -0.39 is 18.6 Å². The Labute approximate surface area is 169 Å². The van der Waals surface area contributed by atoms with Gasteiger partial charge in [0.05, 0.1) is 39.7 Å². The highest BCUT2D eigenvalue weighted by Crippen LogP contribution is 2.28. The summed E-state index contributed by atoms with van der Waals surface area (Å²) in [6.45, 7) is -0.957. The highest BCUT2D eigenvalue weighted by molar-refractivity contribution is 5.97. The Morgan fingerprint density at radius 1 is 1.10 bits per heavy atom. The van der Waals surface area contributed by atoms with E-state index in [1.165, 1.54) is 14.2 Å². The van der Waals surface area contributed by atoms with Crippen molar-refractivity contribution in [3.63, 3.8) is 0 Å². The van der Waals surface area contributed by atoms with Crippen molar-refractivity contribution in [1.82, 2.24) is 0 Å². The van der Waals surface area contributed by atoms with Crippen molar-refractivity contribution < 1.29 is 29.6 Å². The van der Waals surface area contributed by atoms with Crippen molar-refractivity contribution in [3.8, 4) is 11.5 Å². The molecular weight excluding hydrogens is 376 g/mol. The van der Waals surface area contributed by atoms with Crippen LogP contribution in [0.5, 0.6) is 11.5 Å². The van der Waals surface area contributed by atoms with Gasteiger partial charge in [-0.1, -0.05) is 12.2 Å². The van der Waals surface area contributed by atoms with Gasteiger partial charge in [-0.2, -0.15) is 0 Å². The third-order valence-corrected chi connectivity index (χ3v) is 4.38. The van der Waals surface area contributed by atoms with Gasteiger partial charge in [0.15, 0.2) is 0 Å². The minimum atomic E-state index is -1.04. The second-order valence-electron chi connectivity index (χ2n) is 6.24. The Balaban J connectivity index is 2.40. The number of hydrogen-bond acceptors (Lipinski definition) is 7. The molecule has 0 aromatic heterocycles. The SMILES string of the molecule is COc1ccc(/C=C\c2cc(CO)c(CO)c(OC)c2)c(NC(=O)C(N)CO)c1. The van der Waals surface area contributed by atoms with E-state index in [1.54, 1.807) is 42.5 Å². The number of carbonyl (C=O) groups is 1. The number of carbonyl (C=O) groups excluding carboxylic acids is 1. The molecule has 0 spiro atoms. The van der Waals surface area contributed by atoms with Crippen molar-refractivity contribution in [2.24, 2.45) is 5.73 Å². The number of rotatable bonds is 9. The lowest BCUT2D eigenvalue weighted by Gasteiger charge is -2.14. The van der Waals surface area contributed by atoms with Crippen LogP contribution in [0, 0.1) is 0 Å². The molecule has 1 unspecified atom stereocenters. The molecule has 0 saturated carbocycles.